The molecule has 8 heteroatoms. The van der Waals surface area contributed by atoms with Gasteiger partial charge in [0.25, 0.3) is 11.8 Å². The fourth-order valence-corrected chi connectivity index (χ4v) is 5.50. The Labute approximate surface area is 223 Å². The Hall–Kier alpha value is -4.01. The van der Waals surface area contributed by atoms with Crippen LogP contribution in [0.15, 0.2) is 60.8 Å². The number of carbonyl (C=O) groups excluding carboxylic acids is 2. The zero-order chi connectivity index (χ0) is 26.2. The maximum Gasteiger partial charge on any atom is 0.258 e. The van der Waals surface area contributed by atoms with Crippen LogP contribution in [0.4, 0.5) is 11.5 Å². The third-order valence-corrected chi connectivity index (χ3v) is 7.69. The first-order valence-electron chi connectivity index (χ1n) is 13.1. The van der Waals surface area contributed by atoms with Crippen LogP contribution < -0.4 is 10.2 Å². The van der Waals surface area contributed by atoms with Crippen molar-refractivity contribution in [2.45, 2.75) is 6.54 Å². The van der Waals surface area contributed by atoms with Gasteiger partial charge in [-0.2, -0.15) is 0 Å². The third-order valence-electron chi connectivity index (χ3n) is 7.69. The first-order chi connectivity index (χ1) is 18.5. The lowest BCUT2D eigenvalue weighted by molar-refractivity contribution is 0.0874. The van der Waals surface area contributed by atoms with Crippen molar-refractivity contribution in [1.29, 1.82) is 0 Å². The highest BCUT2D eigenvalue weighted by atomic mass is 16.2. The van der Waals surface area contributed by atoms with Crippen LogP contribution >= 0.6 is 0 Å². The zero-order valence-electron chi connectivity index (χ0n) is 21.9. The molecule has 0 radical (unpaired) electrons. The fraction of sp³-hybridized carbons (Fsp3) is 0.300. The summed E-state index contributed by atoms with van der Waals surface area (Å²) in [5.41, 5.74) is 6.02. The maximum atomic E-state index is 13.0. The Morgan fingerprint density at radius 1 is 1.00 bits per heavy atom. The van der Waals surface area contributed by atoms with Crippen LogP contribution in [0.25, 0.3) is 11.8 Å². The molecule has 4 heterocycles. The molecule has 8 nitrogen and oxygen atoms in total. The van der Waals surface area contributed by atoms with Gasteiger partial charge < -0.3 is 20.0 Å². The van der Waals surface area contributed by atoms with Gasteiger partial charge in [0.15, 0.2) is 0 Å². The molecular formula is C30H32N6O2. The molecule has 194 valence electrons. The lowest BCUT2D eigenvalue weighted by atomic mass is 10.0. The van der Waals surface area contributed by atoms with E-state index in [0.29, 0.717) is 24.2 Å². The summed E-state index contributed by atoms with van der Waals surface area (Å²) in [5.74, 6) is 0.758. The van der Waals surface area contributed by atoms with E-state index in [9.17, 15) is 9.59 Å². The number of piperazine rings is 1. The lowest BCUT2D eigenvalue weighted by Gasteiger charge is -2.32. The maximum absolute atomic E-state index is 13.0. The molecule has 6 rings (SSSR count). The van der Waals surface area contributed by atoms with Gasteiger partial charge in [0.05, 0.1) is 16.9 Å². The number of hydrogen-bond donors (Lipinski definition) is 1. The molecule has 0 bridgehead atoms. The second-order valence-corrected chi connectivity index (χ2v) is 10.2. The van der Waals surface area contributed by atoms with Gasteiger partial charge in [-0.3, -0.25) is 14.5 Å². The summed E-state index contributed by atoms with van der Waals surface area (Å²) < 4.78 is 0. The van der Waals surface area contributed by atoms with Crippen molar-refractivity contribution in [2.24, 2.45) is 0 Å². The second kappa shape index (κ2) is 10.0. The summed E-state index contributed by atoms with van der Waals surface area (Å²) in [6, 6.07) is 17.6. The van der Waals surface area contributed by atoms with Crippen LogP contribution in [0.1, 0.15) is 37.4 Å². The highest BCUT2D eigenvalue weighted by molar-refractivity contribution is 6.15. The second-order valence-electron chi connectivity index (χ2n) is 10.2. The zero-order valence-corrected chi connectivity index (χ0v) is 21.9. The summed E-state index contributed by atoms with van der Waals surface area (Å²) in [7, 11) is 3.96. The highest BCUT2D eigenvalue weighted by Gasteiger charge is 2.35. The van der Waals surface area contributed by atoms with E-state index < -0.39 is 0 Å². The molecule has 1 N–H and O–H groups in total. The summed E-state index contributed by atoms with van der Waals surface area (Å²) in [6.45, 7) is 6.21. The minimum absolute atomic E-state index is 0.00404. The molecule has 3 aromatic rings. The largest absolute Gasteiger partial charge is 0.351 e. The number of nitrogens with zero attached hydrogens (tertiary/aromatic N) is 5. The number of pyridine rings is 1. The van der Waals surface area contributed by atoms with E-state index in [2.05, 4.69) is 27.1 Å². The van der Waals surface area contributed by atoms with Gasteiger partial charge in [0.1, 0.15) is 5.82 Å². The molecule has 3 aliphatic rings. The third kappa shape index (κ3) is 4.46. The average Bonchev–Trinajstić information content (AvgIpc) is 3.09. The van der Waals surface area contributed by atoms with Crippen molar-refractivity contribution in [3.05, 3.63) is 88.6 Å². The highest BCUT2D eigenvalue weighted by Crippen LogP contribution is 2.45. The Morgan fingerprint density at radius 3 is 2.66 bits per heavy atom. The Balaban J connectivity index is 1.24. The summed E-state index contributed by atoms with van der Waals surface area (Å²) >= 11 is 0. The molecule has 2 amide bonds. The number of anilines is 2. The van der Waals surface area contributed by atoms with Crippen molar-refractivity contribution in [3.63, 3.8) is 0 Å². The first-order valence-corrected chi connectivity index (χ1v) is 13.1. The van der Waals surface area contributed by atoms with Crippen LogP contribution in [0.5, 0.6) is 0 Å². The van der Waals surface area contributed by atoms with Crippen molar-refractivity contribution in [3.8, 4) is 0 Å². The van der Waals surface area contributed by atoms with Gasteiger partial charge in [-0.15, -0.1) is 0 Å². The quantitative estimate of drug-likeness (QED) is 0.551. The standard InChI is InChI=1S/C30H32N6O2/c1-33-14-16-35(17-15-33)13-12-32-29(37)23-7-3-6-21(18-23)20-36-25-10-4-9-24-27(25)26(34(2)30(24)38)19-22-8-5-11-31-28(22)36/h3-11,18-19H,12-17,20H2,1-2H3,(H,32,37). The summed E-state index contributed by atoms with van der Waals surface area (Å²) in [4.78, 5) is 39.2. The van der Waals surface area contributed by atoms with Crippen LogP contribution in [-0.2, 0) is 6.54 Å². The minimum atomic E-state index is -0.0628. The molecule has 38 heavy (non-hydrogen) atoms. The number of aromatic nitrogens is 1. The van der Waals surface area contributed by atoms with Gasteiger partial charge in [0, 0.05) is 75.7 Å². The average molecular weight is 509 g/mol. The van der Waals surface area contributed by atoms with E-state index in [0.717, 1.165) is 66.6 Å². The van der Waals surface area contributed by atoms with Crippen molar-refractivity contribution in [1.82, 2.24) is 25.0 Å². The lowest BCUT2D eigenvalue weighted by Crippen LogP contribution is -2.46. The molecular weight excluding hydrogens is 476 g/mol. The van der Waals surface area contributed by atoms with Gasteiger partial charge in [-0.05, 0) is 55.1 Å². The predicted octanol–water partition coefficient (Wildman–Crippen LogP) is 3.29. The smallest absolute Gasteiger partial charge is 0.258 e. The molecule has 2 aromatic carbocycles. The summed E-state index contributed by atoms with van der Waals surface area (Å²) in [5, 5.41) is 3.09. The van der Waals surface area contributed by atoms with E-state index in [1.54, 1.807) is 11.1 Å². The monoisotopic (exact) mass is 508 g/mol. The molecule has 1 fully saturated rings. The van der Waals surface area contributed by atoms with Gasteiger partial charge in [0.2, 0.25) is 0 Å². The van der Waals surface area contributed by atoms with Crippen molar-refractivity contribution in [2.75, 3.05) is 58.3 Å². The van der Waals surface area contributed by atoms with E-state index >= 15 is 0 Å². The number of carbonyl (C=O) groups is 2. The van der Waals surface area contributed by atoms with Crippen LogP contribution in [-0.4, -0.2) is 84.9 Å². The Bertz CT molecular complexity index is 1430. The number of benzene rings is 2. The van der Waals surface area contributed by atoms with Gasteiger partial charge in [-0.1, -0.05) is 18.2 Å². The molecule has 0 saturated carbocycles. The first kappa shape index (κ1) is 24.3. The molecule has 0 spiro atoms. The van der Waals surface area contributed by atoms with E-state index in [4.69, 9.17) is 4.98 Å². The number of nitrogens with one attached hydrogen (secondary N) is 1. The van der Waals surface area contributed by atoms with Crippen LogP contribution in [0, 0.1) is 0 Å². The normalized spacial score (nSPS) is 17.1. The molecule has 1 aromatic heterocycles. The molecule has 1 saturated heterocycles. The molecule has 0 atom stereocenters. The van der Waals surface area contributed by atoms with Gasteiger partial charge in [-0.25, -0.2) is 4.98 Å². The topological polar surface area (TPSA) is 72.0 Å². The number of likely N-dealkylation sites (N-methyl/N-ethyl adjacent to an activating group) is 1. The molecule has 0 aliphatic carbocycles. The van der Waals surface area contributed by atoms with Crippen LogP contribution in [0.2, 0.25) is 0 Å². The number of hydrogen-bond acceptors (Lipinski definition) is 6. The number of amides is 2. The van der Waals surface area contributed by atoms with Gasteiger partial charge >= 0.3 is 0 Å². The Kier molecular flexibility index (Phi) is 6.43. The minimum Gasteiger partial charge on any atom is -0.351 e. The Morgan fingerprint density at radius 2 is 1.82 bits per heavy atom. The van der Waals surface area contributed by atoms with Crippen LogP contribution in [0.3, 0.4) is 0 Å². The van der Waals surface area contributed by atoms with E-state index in [1.807, 2.05) is 67.7 Å². The number of fused-ring (bicyclic) bond motifs is 1. The predicted molar refractivity (Wildman–Crippen MR) is 149 cm³/mol. The van der Waals surface area contributed by atoms with Crippen molar-refractivity contribution >= 4 is 35.1 Å². The summed E-state index contributed by atoms with van der Waals surface area (Å²) in [6.07, 6.45) is 3.83. The van der Waals surface area contributed by atoms with E-state index in [1.165, 1.54) is 0 Å². The molecule has 0 unspecified atom stereocenters. The van der Waals surface area contributed by atoms with Crippen molar-refractivity contribution < 1.29 is 9.59 Å². The van der Waals surface area contributed by atoms with E-state index in [-0.39, 0.29) is 11.8 Å². The number of rotatable bonds is 6. The molecule has 3 aliphatic heterocycles. The SMILES string of the molecule is CN1CCN(CCNC(=O)c2cccc(CN3c4cccc5c4C(=Cc4cccnc43)N(C)C5=O)c2)CC1. The fourth-order valence-electron chi connectivity index (χ4n) is 5.50.